The van der Waals surface area contributed by atoms with Crippen molar-refractivity contribution in [2.45, 2.75) is 27.7 Å². The quantitative estimate of drug-likeness (QED) is 0.481. The second kappa shape index (κ2) is 9.01. The lowest BCUT2D eigenvalue weighted by Crippen LogP contribution is -2.33. The van der Waals surface area contributed by atoms with Crippen LogP contribution in [0.25, 0.3) is 5.57 Å². The van der Waals surface area contributed by atoms with E-state index in [9.17, 15) is 9.59 Å². The van der Waals surface area contributed by atoms with Gasteiger partial charge in [0.15, 0.2) is 0 Å². The minimum Gasteiger partial charge on any atom is -0.372 e. The Morgan fingerprint density at radius 1 is 0.906 bits per heavy atom. The topological polar surface area (TPSA) is 52.7 Å². The van der Waals surface area contributed by atoms with Gasteiger partial charge in [0.1, 0.15) is 5.70 Å². The van der Waals surface area contributed by atoms with Gasteiger partial charge in [-0.2, -0.15) is 0 Å². The van der Waals surface area contributed by atoms with Gasteiger partial charge in [0.2, 0.25) is 0 Å². The van der Waals surface area contributed by atoms with Crippen LogP contribution in [0.3, 0.4) is 0 Å². The fourth-order valence-corrected chi connectivity index (χ4v) is 4.75. The summed E-state index contributed by atoms with van der Waals surface area (Å²) in [5.74, 6) is -0.631. The molecule has 0 unspecified atom stereocenters. The molecule has 1 aliphatic heterocycles. The number of amides is 2. The van der Waals surface area contributed by atoms with Crippen LogP contribution in [0.5, 0.6) is 0 Å². The molecule has 3 aromatic rings. The Morgan fingerprint density at radius 3 is 2.25 bits per heavy atom. The first-order valence-electron chi connectivity index (χ1n) is 10.8. The third-order valence-corrected chi connectivity index (χ3v) is 6.82. The number of imide groups is 1. The van der Waals surface area contributed by atoms with Crippen molar-refractivity contribution in [3.8, 4) is 0 Å². The number of nitrogens with zero attached hydrogens (tertiary/aromatic N) is 2. The highest BCUT2D eigenvalue weighted by atomic mass is 32.1. The maximum atomic E-state index is 13.5. The number of hydrogen-bond donors (Lipinski definition) is 1. The molecule has 1 aromatic heterocycles. The highest BCUT2D eigenvalue weighted by molar-refractivity contribution is 7.11. The smallest absolute Gasteiger partial charge is 0.282 e. The SMILES string of the molecule is CCN(CC)c1ccc(NC2=C(c3cccs3)C(=O)N(c3cccc(C)c3C)C2=O)cc1. The molecular weight excluding hydrogens is 418 g/mol. The average Bonchev–Trinajstić information content (AvgIpc) is 3.39. The first kappa shape index (κ1) is 21.8. The Bertz CT molecular complexity index is 1180. The van der Waals surface area contributed by atoms with E-state index in [1.54, 1.807) is 0 Å². The predicted molar refractivity (Wildman–Crippen MR) is 133 cm³/mol. The zero-order valence-corrected chi connectivity index (χ0v) is 19.6. The van der Waals surface area contributed by atoms with Crippen molar-refractivity contribution < 1.29 is 9.59 Å². The van der Waals surface area contributed by atoms with Crippen LogP contribution in [0.4, 0.5) is 17.1 Å². The Labute approximate surface area is 193 Å². The average molecular weight is 446 g/mol. The number of anilines is 3. The number of carbonyl (C=O) groups excluding carboxylic acids is 2. The molecule has 2 heterocycles. The zero-order valence-electron chi connectivity index (χ0n) is 18.8. The van der Waals surface area contributed by atoms with E-state index in [1.165, 1.54) is 16.2 Å². The summed E-state index contributed by atoms with van der Waals surface area (Å²) in [5, 5.41) is 5.16. The van der Waals surface area contributed by atoms with E-state index < -0.39 is 0 Å². The molecule has 5 nitrogen and oxygen atoms in total. The summed E-state index contributed by atoms with van der Waals surface area (Å²) >= 11 is 1.45. The van der Waals surface area contributed by atoms with Gasteiger partial charge < -0.3 is 10.2 Å². The van der Waals surface area contributed by atoms with Gasteiger partial charge in [-0.1, -0.05) is 18.2 Å². The first-order chi connectivity index (χ1) is 15.5. The Morgan fingerprint density at radius 2 is 1.62 bits per heavy atom. The molecule has 0 fully saturated rings. The fourth-order valence-electron chi connectivity index (χ4n) is 3.98. The molecule has 1 aliphatic rings. The predicted octanol–water partition coefficient (Wildman–Crippen LogP) is 5.61. The van der Waals surface area contributed by atoms with Crippen molar-refractivity contribution in [2.24, 2.45) is 0 Å². The molecule has 4 rings (SSSR count). The number of carbonyl (C=O) groups is 2. The van der Waals surface area contributed by atoms with Crippen molar-refractivity contribution in [1.29, 1.82) is 0 Å². The number of hydrogen-bond acceptors (Lipinski definition) is 5. The van der Waals surface area contributed by atoms with Crippen LogP contribution in [-0.2, 0) is 9.59 Å². The van der Waals surface area contributed by atoms with Crippen LogP contribution in [0.15, 0.2) is 65.7 Å². The van der Waals surface area contributed by atoms with Crippen molar-refractivity contribution in [3.05, 3.63) is 81.7 Å². The normalized spacial score (nSPS) is 13.8. The van der Waals surface area contributed by atoms with Gasteiger partial charge in [-0.05, 0) is 80.6 Å². The number of nitrogens with one attached hydrogen (secondary N) is 1. The maximum absolute atomic E-state index is 13.5. The lowest BCUT2D eigenvalue weighted by molar-refractivity contribution is -0.120. The molecule has 0 saturated carbocycles. The van der Waals surface area contributed by atoms with E-state index in [0.29, 0.717) is 17.0 Å². The number of thiophene rings is 1. The summed E-state index contributed by atoms with van der Waals surface area (Å²) in [5.41, 5.74) is 5.21. The van der Waals surface area contributed by atoms with Crippen LogP contribution in [0, 0.1) is 13.8 Å². The molecular formula is C26H27N3O2S. The standard InChI is InChI=1S/C26H27N3O2S/c1-5-28(6-2)20-14-12-19(13-15-20)27-24-23(22-11-8-16-32-22)25(30)29(26(24)31)21-10-7-9-17(3)18(21)4/h7-16,27H,5-6H2,1-4H3. The molecule has 0 bridgehead atoms. The third-order valence-electron chi connectivity index (χ3n) is 5.93. The Kier molecular flexibility index (Phi) is 6.15. The largest absolute Gasteiger partial charge is 0.372 e. The van der Waals surface area contributed by atoms with Crippen molar-refractivity contribution in [1.82, 2.24) is 0 Å². The second-order valence-corrected chi connectivity index (χ2v) is 8.68. The number of benzene rings is 2. The van der Waals surface area contributed by atoms with Gasteiger partial charge >= 0.3 is 0 Å². The molecule has 1 N–H and O–H groups in total. The Hall–Kier alpha value is -3.38. The fraction of sp³-hybridized carbons (Fsp3) is 0.231. The molecule has 6 heteroatoms. The Balaban J connectivity index is 1.73. The lowest BCUT2D eigenvalue weighted by Gasteiger charge is -2.21. The van der Waals surface area contributed by atoms with Crippen LogP contribution in [0.1, 0.15) is 29.9 Å². The summed E-state index contributed by atoms with van der Waals surface area (Å²) in [6, 6.07) is 17.4. The van der Waals surface area contributed by atoms with E-state index >= 15 is 0 Å². The number of rotatable bonds is 7. The minimum atomic E-state index is -0.333. The highest BCUT2D eigenvalue weighted by Crippen LogP contribution is 2.37. The van der Waals surface area contributed by atoms with Crippen molar-refractivity contribution in [2.75, 3.05) is 28.2 Å². The summed E-state index contributed by atoms with van der Waals surface area (Å²) in [7, 11) is 0. The van der Waals surface area contributed by atoms with Crippen molar-refractivity contribution >= 4 is 45.8 Å². The molecule has 2 amide bonds. The monoisotopic (exact) mass is 445 g/mol. The maximum Gasteiger partial charge on any atom is 0.282 e. The first-order valence-corrected chi connectivity index (χ1v) is 11.7. The summed E-state index contributed by atoms with van der Waals surface area (Å²) in [4.78, 5) is 31.4. The van der Waals surface area contributed by atoms with E-state index in [2.05, 4.69) is 24.1 Å². The summed E-state index contributed by atoms with van der Waals surface area (Å²) < 4.78 is 0. The van der Waals surface area contributed by atoms with Gasteiger partial charge in [-0.3, -0.25) is 9.59 Å². The molecule has 32 heavy (non-hydrogen) atoms. The zero-order chi connectivity index (χ0) is 22.8. The van der Waals surface area contributed by atoms with Gasteiger partial charge in [-0.15, -0.1) is 11.3 Å². The molecule has 164 valence electrons. The van der Waals surface area contributed by atoms with Gasteiger partial charge in [0.25, 0.3) is 11.8 Å². The van der Waals surface area contributed by atoms with Gasteiger partial charge in [-0.25, -0.2) is 4.90 Å². The van der Waals surface area contributed by atoms with Crippen LogP contribution in [-0.4, -0.2) is 24.9 Å². The summed E-state index contributed by atoms with van der Waals surface area (Å²) in [6.45, 7) is 10.0. The lowest BCUT2D eigenvalue weighted by atomic mass is 10.1. The molecule has 0 radical (unpaired) electrons. The molecule has 0 saturated heterocycles. The highest BCUT2D eigenvalue weighted by Gasteiger charge is 2.41. The summed E-state index contributed by atoms with van der Waals surface area (Å²) in [6.07, 6.45) is 0. The van der Waals surface area contributed by atoms with E-state index in [0.717, 1.165) is 40.5 Å². The van der Waals surface area contributed by atoms with E-state index in [1.807, 2.05) is 73.8 Å². The molecule has 0 atom stereocenters. The molecule has 2 aromatic carbocycles. The second-order valence-electron chi connectivity index (χ2n) is 7.74. The van der Waals surface area contributed by atoms with Crippen LogP contribution in [0.2, 0.25) is 0 Å². The van der Waals surface area contributed by atoms with Crippen molar-refractivity contribution in [3.63, 3.8) is 0 Å². The van der Waals surface area contributed by atoms with Crippen LogP contribution < -0.4 is 15.1 Å². The van der Waals surface area contributed by atoms with Gasteiger partial charge in [0.05, 0.1) is 11.3 Å². The van der Waals surface area contributed by atoms with Gasteiger partial charge in [0, 0.05) is 29.3 Å². The minimum absolute atomic E-state index is 0.298. The van der Waals surface area contributed by atoms with E-state index in [4.69, 9.17) is 0 Å². The third kappa shape index (κ3) is 3.82. The van der Waals surface area contributed by atoms with E-state index in [-0.39, 0.29) is 11.8 Å². The molecule has 0 spiro atoms. The number of aryl methyl sites for hydroxylation is 1. The van der Waals surface area contributed by atoms with Crippen LogP contribution >= 0.6 is 11.3 Å². The molecule has 0 aliphatic carbocycles.